The molecule has 0 spiro atoms. The van der Waals surface area contributed by atoms with Gasteiger partial charge in [-0.3, -0.25) is 0 Å². The minimum atomic E-state index is 0.506. The summed E-state index contributed by atoms with van der Waals surface area (Å²) in [7, 11) is 0. The normalized spacial score (nSPS) is 18.9. The Labute approximate surface area is 93.7 Å². The first-order valence-electron chi connectivity index (χ1n) is 6.28. The van der Waals surface area contributed by atoms with Crippen LogP contribution in [-0.4, -0.2) is 0 Å². The number of benzene rings is 1. The Morgan fingerprint density at radius 2 is 1.73 bits per heavy atom. The Morgan fingerprint density at radius 3 is 2.07 bits per heavy atom. The fraction of sp³-hybridized carbons (Fsp3) is 0.600. The van der Waals surface area contributed by atoms with Crippen LogP contribution in [0.3, 0.4) is 0 Å². The Hall–Kier alpha value is -0.780. The predicted molar refractivity (Wildman–Crippen MR) is 66.2 cm³/mol. The molecule has 15 heavy (non-hydrogen) atoms. The molecule has 0 atom stereocenters. The molecular formula is C15H22. The van der Waals surface area contributed by atoms with E-state index in [4.69, 9.17) is 0 Å². The van der Waals surface area contributed by atoms with Crippen molar-refractivity contribution in [1.29, 1.82) is 0 Å². The lowest BCUT2D eigenvalue weighted by Crippen LogP contribution is -2.39. The van der Waals surface area contributed by atoms with E-state index in [0.29, 0.717) is 5.41 Å². The molecule has 0 heteroatoms. The number of rotatable bonds is 3. The summed E-state index contributed by atoms with van der Waals surface area (Å²) in [5, 5.41) is 0. The lowest BCUT2D eigenvalue weighted by Gasteiger charge is -2.46. The van der Waals surface area contributed by atoms with Gasteiger partial charge in [-0.05, 0) is 41.7 Å². The van der Waals surface area contributed by atoms with Gasteiger partial charge in [-0.15, -0.1) is 0 Å². The van der Waals surface area contributed by atoms with Gasteiger partial charge < -0.3 is 0 Å². The van der Waals surface area contributed by atoms with Crippen molar-refractivity contribution in [3.05, 3.63) is 35.4 Å². The van der Waals surface area contributed by atoms with Crippen LogP contribution in [0.2, 0.25) is 0 Å². The molecule has 1 fully saturated rings. The third kappa shape index (κ3) is 1.71. The van der Waals surface area contributed by atoms with Crippen LogP contribution >= 0.6 is 0 Å². The van der Waals surface area contributed by atoms with E-state index in [-0.39, 0.29) is 0 Å². The van der Waals surface area contributed by atoms with Crippen molar-refractivity contribution in [2.24, 2.45) is 5.92 Å². The van der Waals surface area contributed by atoms with Crippen molar-refractivity contribution in [2.45, 2.75) is 51.9 Å². The van der Waals surface area contributed by atoms with Crippen molar-refractivity contribution >= 4 is 0 Å². The summed E-state index contributed by atoms with van der Waals surface area (Å²) in [6.45, 7) is 6.95. The van der Waals surface area contributed by atoms with E-state index >= 15 is 0 Å². The number of hydrogen-bond acceptors (Lipinski definition) is 0. The van der Waals surface area contributed by atoms with E-state index in [2.05, 4.69) is 45.0 Å². The van der Waals surface area contributed by atoms with Gasteiger partial charge in [0.2, 0.25) is 0 Å². The number of hydrogen-bond donors (Lipinski definition) is 0. The first kappa shape index (κ1) is 10.7. The maximum Gasteiger partial charge on any atom is -0.00240 e. The molecule has 1 aromatic rings. The SMILES string of the molecule is CCc1ccc(C2(C(C)C)CCC2)cc1. The molecule has 0 radical (unpaired) electrons. The van der Waals surface area contributed by atoms with Crippen molar-refractivity contribution in [2.75, 3.05) is 0 Å². The summed E-state index contributed by atoms with van der Waals surface area (Å²) in [4.78, 5) is 0. The molecule has 0 aromatic heterocycles. The Kier molecular flexibility index (Phi) is 2.86. The van der Waals surface area contributed by atoms with Crippen molar-refractivity contribution in [3.8, 4) is 0 Å². The Bertz CT molecular complexity index is 314. The Morgan fingerprint density at radius 1 is 1.13 bits per heavy atom. The smallest absolute Gasteiger partial charge is 0.00240 e. The highest BCUT2D eigenvalue weighted by Crippen LogP contribution is 2.49. The minimum absolute atomic E-state index is 0.506. The molecule has 0 aliphatic heterocycles. The first-order valence-corrected chi connectivity index (χ1v) is 6.28. The zero-order valence-corrected chi connectivity index (χ0v) is 10.2. The maximum absolute atomic E-state index is 2.37. The van der Waals surface area contributed by atoms with Gasteiger partial charge in [0, 0.05) is 0 Å². The molecule has 1 aliphatic rings. The topological polar surface area (TPSA) is 0 Å². The van der Waals surface area contributed by atoms with Crippen molar-refractivity contribution < 1.29 is 0 Å². The highest BCUT2D eigenvalue weighted by atomic mass is 14.4. The van der Waals surface area contributed by atoms with E-state index in [1.54, 1.807) is 5.56 Å². The molecule has 0 amide bonds. The van der Waals surface area contributed by atoms with Crippen LogP contribution in [0.25, 0.3) is 0 Å². The molecule has 1 saturated carbocycles. The molecule has 0 nitrogen and oxygen atoms in total. The van der Waals surface area contributed by atoms with Gasteiger partial charge in [-0.2, -0.15) is 0 Å². The lowest BCUT2D eigenvalue weighted by molar-refractivity contribution is 0.169. The van der Waals surface area contributed by atoms with Crippen molar-refractivity contribution in [3.63, 3.8) is 0 Å². The highest BCUT2D eigenvalue weighted by Gasteiger charge is 2.40. The van der Waals surface area contributed by atoms with Crippen LogP contribution in [0.15, 0.2) is 24.3 Å². The Balaban J connectivity index is 2.27. The fourth-order valence-electron chi connectivity index (χ4n) is 2.83. The van der Waals surface area contributed by atoms with E-state index in [9.17, 15) is 0 Å². The molecule has 0 heterocycles. The van der Waals surface area contributed by atoms with Gasteiger partial charge in [0.25, 0.3) is 0 Å². The van der Waals surface area contributed by atoms with Crippen LogP contribution in [0.5, 0.6) is 0 Å². The quantitative estimate of drug-likeness (QED) is 0.684. The molecule has 0 bridgehead atoms. The van der Waals surface area contributed by atoms with E-state index in [1.807, 2.05) is 0 Å². The van der Waals surface area contributed by atoms with Gasteiger partial charge in [0.15, 0.2) is 0 Å². The summed E-state index contributed by atoms with van der Waals surface area (Å²) in [6, 6.07) is 9.32. The third-order valence-electron chi connectivity index (χ3n) is 4.29. The minimum Gasteiger partial charge on any atom is -0.0619 e. The average Bonchev–Trinajstić information content (AvgIpc) is 2.16. The van der Waals surface area contributed by atoms with Crippen LogP contribution in [0.1, 0.15) is 51.2 Å². The largest absolute Gasteiger partial charge is 0.0619 e. The summed E-state index contributed by atoms with van der Waals surface area (Å²) in [5.41, 5.74) is 3.53. The second-order valence-electron chi connectivity index (χ2n) is 5.21. The average molecular weight is 202 g/mol. The maximum atomic E-state index is 2.37. The van der Waals surface area contributed by atoms with Gasteiger partial charge in [-0.1, -0.05) is 51.5 Å². The van der Waals surface area contributed by atoms with Crippen LogP contribution in [0, 0.1) is 5.92 Å². The number of aryl methyl sites for hydroxylation is 1. The summed E-state index contributed by atoms with van der Waals surface area (Å²) < 4.78 is 0. The highest BCUT2D eigenvalue weighted by molar-refractivity contribution is 5.31. The van der Waals surface area contributed by atoms with Gasteiger partial charge in [0.05, 0.1) is 0 Å². The van der Waals surface area contributed by atoms with E-state index in [1.165, 1.54) is 24.8 Å². The molecule has 0 unspecified atom stereocenters. The van der Waals surface area contributed by atoms with Crippen molar-refractivity contribution in [1.82, 2.24) is 0 Å². The summed E-state index contributed by atoms with van der Waals surface area (Å²) in [6.07, 6.45) is 5.33. The summed E-state index contributed by atoms with van der Waals surface area (Å²) in [5.74, 6) is 0.777. The molecule has 1 aliphatic carbocycles. The molecule has 82 valence electrons. The molecule has 2 rings (SSSR count). The molecule has 1 aromatic carbocycles. The van der Waals surface area contributed by atoms with Gasteiger partial charge in [0.1, 0.15) is 0 Å². The van der Waals surface area contributed by atoms with E-state index in [0.717, 1.165) is 12.3 Å². The molecule has 0 saturated heterocycles. The third-order valence-corrected chi connectivity index (χ3v) is 4.29. The predicted octanol–water partition coefficient (Wildman–Crippen LogP) is 4.33. The molecular weight excluding hydrogens is 180 g/mol. The van der Waals surface area contributed by atoms with Gasteiger partial charge in [-0.25, -0.2) is 0 Å². The molecule has 0 N–H and O–H groups in total. The monoisotopic (exact) mass is 202 g/mol. The first-order chi connectivity index (χ1) is 7.19. The van der Waals surface area contributed by atoms with E-state index < -0.39 is 0 Å². The van der Waals surface area contributed by atoms with Crippen LogP contribution in [0.4, 0.5) is 0 Å². The van der Waals surface area contributed by atoms with Crippen LogP contribution in [-0.2, 0) is 11.8 Å². The summed E-state index contributed by atoms with van der Waals surface area (Å²) >= 11 is 0. The van der Waals surface area contributed by atoms with Gasteiger partial charge >= 0.3 is 0 Å². The van der Waals surface area contributed by atoms with Crippen LogP contribution < -0.4 is 0 Å². The zero-order chi connectivity index (χ0) is 10.9. The lowest BCUT2D eigenvalue weighted by atomic mass is 9.58. The standard InChI is InChI=1S/C15H22/c1-4-13-6-8-14(9-7-13)15(12(2)3)10-5-11-15/h6-9,12H,4-5,10-11H2,1-3H3. The zero-order valence-electron chi connectivity index (χ0n) is 10.2. The second kappa shape index (κ2) is 4.00. The fourth-order valence-corrected chi connectivity index (χ4v) is 2.83. The second-order valence-corrected chi connectivity index (χ2v) is 5.21.